The summed E-state index contributed by atoms with van der Waals surface area (Å²) < 4.78 is 2.91. The van der Waals surface area contributed by atoms with Crippen molar-refractivity contribution in [1.82, 2.24) is 14.6 Å². The third kappa shape index (κ3) is 2.04. The molecular formula is C13H10BrN3S. The highest BCUT2D eigenvalue weighted by atomic mass is 79.9. The molecule has 0 radical (unpaired) electrons. The number of halogens is 1. The van der Waals surface area contributed by atoms with Gasteiger partial charge in [0, 0.05) is 10.0 Å². The summed E-state index contributed by atoms with van der Waals surface area (Å²) in [4.78, 5) is 4.65. The molecule has 3 aromatic rings. The summed E-state index contributed by atoms with van der Waals surface area (Å²) in [6, 6.07) is 12.2. The van der Waals surface area contributed by atoms with E-state index < -0.39 is 0 Å². The summed E-state index contributed by atoms with van der Waals surface area (Å²) in [7, 11) is 0. The fourth-order valence-electron chi connectivity index (χ4n) is 1.83. The second-order valence-electron chi connectivity index (χ2n) is 3.81. The number of aromatic nitrogens is 3. The Kier molecular flexibility index (Phi) is 3.09. The predicted octanol–water partition coefficient (Wildman–Crippen LogP) is 3.88. The Balaban J connectivity index is 2.23. The minimum Gasteiger partial charge on any atom is -0.222 e. The maximum atomic E-state index is 4.65. The molecule has 0 bridgehead atoms. The molecule has 5 heteroatoms. The Labute approximate surface area is 117 Å². The van der Waals surface area contributed by atoms with Gasteiger partial charge < -0.3 is 0 Å². The quantitative estimate of drug-likeness (QED) is 0.530. The van der Waals surface area contributed by atoms with Crippen LogP contribution in [0, 0.1) is 0 Å². The molecule has 0 unspecified atom stereocenters. The van der Waals surface area contributed by atoms with Crippen LogP contribution in [0.15, 0.2) is 52.2 Å². The number of nitrogens with zero attached hydrogens (tertiary/aromatic N) is 3. The third-order valence-electron chi connectivity index (χ3n) is 2.66. The Morgan fingerprint density at radius 1 is 1.22 bits per heavy atom. The lowest BCUT2D eigenvalue weighted by Crippen LogP contribution is -1.97. The number of hydrogen-bond acceptors (Lipinski definition) is 3. The average molecular weight is 320 g/mol. The van der Waals surface area contributed by atoms with Crippen molar-refractivity contribution >= 4 is 33.2 Å². The Morgan fingerprint density at radius 3 is 2.89 bits per heavy atom. The van der Waals surface area contributed by atoms with E-state index in [1.54, 1.807) is 18.0 Å². The average Bonchev–Trinajstić information content (AvgIpc) is 2.85. The number of hydrogen-bond donors (Lipinski definition) is 0. The van der Waals surface area contributed by atoms with Gasteiger partial charge in [0.2, 0.25) is 0 Å². The van der Waals surface area contributed by atoms with Crippen LogP contribution < -0.4 is 0 Å². The van der Waals surface area contributed by atoms with Gasteiger partial charge in [-0.2, -0.15) is 5.10 Å². The van der Waals surface area contributed by atoms with Crippen LogP contribution in [0.2, 0.25) is 0 Å². The molecule has 3 rings (SSSR count). The first-order chi connectivity index (χ1) is 8.78. The molecule has 0 aliphatic heterocycles. The van der Waals surface area contributed by atoms with Gasteiger partial charge in [-0.1, -0.05) is 39.8 Å². The standard InChI is InChI=1S/C13H10BrN3S/c1-18-13-16-12(8-11-5-6-15-17(11)13)9-3-2-4-10(14)7-9/h2-8H,1H3. The zero-order valence-corrected chi connectivity index (χ0v) is 12.1. The van der Waals surface area contributed by atoms with Crippen molar-refractivity contribution in [1.29, 1.82) is 0 Å². The molecule has 0 fully saturated rings. The molecule has 0 saturated heterocycles. The van der Waals surface area contributed by atoms with E-state index in [4.69, 9.17) is 0 Å². The van der Waals surface area contributed by atoms with Crippen molar-refractivity contribution in [2.75, 3.05) is 6.26 Å². The van der Waals surface area contributed by atoms with E-state index in [9.17, 15) is 0 Å². The summed E-state index contributed by atoms with van der Waals surface area (Å²) in [6.07, 6.45) is 3.80. The van der Waals surface area contributed by atoms with Gasteiger partial charge in [-0.15, -0.1) is 0 Å². The largest absolute Gasteiger partial charge is 0.222 e. The highest BCUT2D eigenvalue weighted by Gasteiger charge is 2.07. The Morgan fingerprint density at radius 2 is 2.11 bits per heavy atom. The van der Waals surface area contributed by atoms with Crippen LogP contribution in [-0.2, 0) is 0 Å². The molecule has 0 aliphatic rings. The van der Waals surface area contributed by atoms with Crippen LogP contribution in [-0.4, -0.2) is 20.9 Å². The number of thioether (sulfide) groups is 1. The first-order valence-corrected chi connectivity index (χ1v) is 7.44. The number of benzene rings is 1. The van der Waals surface area contributed by atoms with E-state index in [0.29, 0.717) is 0 Å². The first kappa shape index (κ1) is 11.7. The molecular weight excluding hydrogens is 310 g/mol. The summed E-state index contributed by atoms with van der Waals surface area (Å²) in [5.41, 5.74) is 3.13. The molecule has 2 heterocycles. The van der Waals surface area contributed by atoms with Crippen molar-refractivity contribution in [3.05, 3.63) is 47.1 Å². The van der Waals surface area contributed by atoms with E-state index in [0.717, 1.165) is 26.4 Å². The summed E-state index contributed by atoms with van der Waals surface area (Å²) in [5.74, 6) is 0. The van der Waals surface area contributed by atoms with E-state index in [1.807, 2.05) is 29.0 Å². The van der Waals surface area contributed by atoms with Crippen LogP contribution >= 0.6 is 27.7 Å². The van der Waals surface area contributed by atoms with Gasteiger partial charge in [0.15, 0.2) is 5.16 Å². The van der Waals surface area contributed by atoms with Crippen LogP contribution in [0.5, 0.6) is 0 Å². The maximum Gasteiger partial charge on any atom is 0.189 e. The lowest BCUT2D eigenvalue weighted by Gasteiger charge is -2.06. The number of rotatable bonds is 2. The second-order valence-corrected chi connectivity index (χ2v) is 5.50. The summed E-state index contributed by atoms with van der Waals surface area (Å²) >= 11 is 5.08. The minimum atomic E-state index is 0.896. The molecule has 2 aromatic heterocycles. The van der Waals surface area contributed by atoms with Gasteiger partial charge in [-0.25, -0.2) is 9.50 Å². The molecule has 0 atom stereocenters. The topological polar surface area (TPSA) is 30.2 Å². The van der Waals surface area contributed by atoms with E-state index in [2.05, 4.69) is 44.2 Å². The molecule has 0 aliphatic carbocycles. The van der Waals surface area contributed by atoms with Crippen LogP contribution in [0.4, 0.5) is 0 Å². The van der Waals surface area contributed by atoms with Gasteiger partial charge >= 0.3 is 0 Å². The van der Waals surface area contributed by atoms with Gasteiger partial charge in [-0.05, 0) is 30.5 Å². The van der Waals surface area contributed by atoms with Crippen LogP contribution in [0.1, 0.15) is 0 Å². The molecule has 1 aromatic carbocycles. The van der Waals surface area contributed by atoms with Crippen molar-refractivity contribution in [3.8, 4) is 11.3 Å². The Hall–Kier alpha value is -1.33. The van der Waals surface area contributed by atoms with E-state index >= 15 is 0 Å². The predicted molar refractivity (Wildman–Crippen MR) is 77.9 cm³/mol. The lowest BCUT2D eigenvalue weighted by molar-refractivity contribution is 0.799. The second kappa shape index (κ2) is 4.74. The third-order valence-corrected chi connectivity index (χ3v) is 3.78. The summed E-state index contributed by atoms with van der Waals surface area (Å²) in [6.45, 7) is 0. The highest BCUT2D eigenvalue weighted by molar-refractivity contribution is 9.10. The molecule has 0 spiro atoms. The molecule has 90 valence electrons. The van der Waals surface area contributed by atoms with Crippen molar-refractivity contribution in [2.24, 2.45) is 0 Å². The monoisotopic (exact) mass is 319 g/mol. The minimum absolute atomic E-state index is 0.896. The van der Waals surface area contributed by atoms with Crippen LogP contribution in [0.3, 0.4) is 0 Å². The zero-order valence-electron chi connectivity index (χ0n) is 9.67. The fraction of sp³-hybridized carbons (Fsp3) is 0.0769. The normalized spacial score (nSPS) is 11.0. The van der Waals surface area contributed by atoms with Gasteiger partial charge in [0.25, 0.3) is 0 Å². The van der Waals surface area contributed by atoms with Gasteiger partial charge in [0.1, 0.15) is 0 Å². The maximum absolute atomic E-state index is 4.65. The van der Waals surface area contributed by atoms with Crippen molar-refractivity contribution in [3.63, 3.8) is 0 Å². The first-order valence-electron chi connectivity index (χ1n) is 5.42. The lowest BCUT2D eigenvalue weighted by atomic mass is 10.1. The van der Waals surface area contributed by atoms with Gasteiger partial charge in [0.05, 0.1) is 17.4 Å². The van der Waals surface area contributed by atoms with Crippen LogP contribution in [0.25, 0.3) is 16.8 Å². The van der Waals surface area contributed by atoms with E-state index in [1.165, 1.54) is 0 Å². The van der Waals surface area contributed by atoms with E-state index in [-0.39, 0.29) is 0 Å². The summed E-state index contributed by atoms with van der Waals surface area (Å²) in [5, 5.41) is 5.16. The SMILES string of the molecule is CSc1nc(-c2cccc(Br)c2)cc2ccnn12. The Bertz CT molecular complexity index is 708. The number of fused-ring (bicyclic) bond motifs is 1. The molecule has 0 N–H and O–H groups in total. The smallest absolute Gasteiger partial charge is 0.189 e. The van der Waals surface area contributed by atoms with Crippen molar-refractivity contribution < 1.29 is 0 Å². The molecule has 0 saturated carbocycles. The molecule has 3 nitrogen and oxygen atoms in total. The fourth-order valence-corrected chi connectivity index (χ4v) is 2.75. The van der Waals surface area contributed by atoms with Gasteiger partial charge in [-0.3, -0.25) is 0 Å². The molecule has 0 amide bonds. The highest BCUT2D eigenvalue weighted by Crippen LogP contribution is 2.25. The molecule has 18 heavy (non-hydrogen) atoms. The van der Waals surface area contributed by atoms with Crippen molar-refractivity contribution in [2.45, 2.75) is 5.16 Å². The zero-order chi connectivity index (χ0) is 12.5.